The monoisotopic (exact) mass is 439 g/mol. The molecule has 8 heteroatoms. The lowest BCUT2D eigenvalue weighted by molar-refractivity contribution is 0.156. The van der Waals surface area contributed by atoms with Gasteiger partial charge in [0.1, 0.15) is 11.6 Å². The molecule has 0 unspecified atom stereocenters. The molecule has 31 heavy (non-hydrogen) atoms. The summed E-state index contributed by atoms with van der Waals surface area (Å²) in [4.78, 5) is 5.41. The Balaban J connectivity index is 1.74. The molecule has 3 N–H and O–H groups in total. The molecule has 1 aliphatic carbocycles. The van der Waals surface area contributed by atoms with Crippen molar-refractivity contribution >= 4 is 35.7 Å². The summed E-state index contributed by atoms with van der Waals surface area (Å²) in [5.74, 6) is 0.124. The lowest BCUT2D eigenvalue weighted by Gasteiger charge is -2.17. The van der Waals surface area contributed by atoms with Gasteiger partial charge in [-0.2, -0.15) is 9.61 Å². The molecule has 0 aliphatic heterocycles. The van der Waals surface area contributed by atoms with Crippen LogP contribution in [0.3, 0.4) is 0 Å². The van der Waals surface area contributed by atoms with Gasteiger partial charge in [-0.15, -0.1) is 12.6 Å². The van der Waals surface area contributed by atoms with Gasteiger partial charge in [-0.05, 0) is 54.7 Å². The van der Waals surface area contributed by atoms with Gasteiger partial charge in [0.05, 0.1) is 23.4 Å². The normalized spacial score (nSPS) is 15.4. The van der Waals surface area contributed by atoms with E-state index in [2.05, 4.69) is 29.6 Å². The third-order valence-corrected chi connectivity index (χ3v) is 6.20. The number of nitrogens with two attached hydrogens (primary N) is 1. The molecule has 1 saturated carbocycles. The average molecular weight is 440 g/mol. The van der Waals surface area contributed by atoms with Crippen LogP contribution in [0.2, 0.25) is 0 Å². The van der Waals surface area contributed by atoms with Gasteiger partial charge in [0.2, 0.25) is 0 Å². The second kappa shape index (κ2) is 8.45. The van der Waals surface area contributed by atoms with Crippen LogP contribution in [0, 0.1) is 12.7 Å². The number of fused-ring (bicyclic) bond motifs is 1. The minimum Gasteiger partial charge on any atom is -0.383 e. The maximum absolute atomic E-state index is 13.8. The number of hydrogen-bond acceptors (Lipinski definition) is 6. The number of anilines is 1. The first-order chi connectivity index (χ1) is 14.9. The number of methoxy groups -OCH3 is 1. The fraction of sp³-hybridized carbons (Fsp3) is 0.304. The van der Waals surface area contributed by atoms with Gasteiger partial charge in [-0.3, -0.25) is 0 Å². The van der Waals surface area contributed by atoms with Gasteiger partial charge in [-0.1, -0.05) is 18.7 Å². The quantitative estimate of drug-likeness (QED) is 0.365. The van der Waals surface area contributed by atoms with Crippen molar-refractivity contribution in [2.45, 2.75) is 36.7 Å². The number of aryl methyl sites for hydroxylation is 1. The molecule has 6 nitrogen and oxygen atoms in total. The van der Waals surface area contributed by atoms with E-state index >= 15 is 0 Å². The number of allylic oxidation sites excluding steroid dienone is 2. The zero-order chi connectivity index (χ0) is 22.2. The standard InChI is InChI=1S/C23H26FN5OS/c1-4-15(9-16-10-17(24)6-5-14(16)2)18-11-27-29-21(25)20(31)19(28-22(18)29)12-26-23(7-8-23)13-30-3/h4-6,9-11,26,31H,1,7-8,12-13,25H2,2-3H3/b15-9+. The third kappa shape index (κ3) is 4.23. The van der Waals surface area contributed by atoms with Crippen molar-refractivity contribution in [2.75, 3.05) is 19.5 Å². The number of aromatic nitrogens is 3. The van der Waals surface area contributed by atoms with E-state index < -0.39 is 0 Å². The highest BCUT2D eigenvalue weighted by Crippen LogP contribution is 2.36. The molecule has 0 bridgehead atoms. The van der Waals surface area contributed by atoms with Gasteiger partial charge in [0.15, 0.2) is 5.65 Å². The first-order valence-corrected chi connectivity index (χ1v) is 10.5. The molecule has 0 saturated heterocycles. The fourth-order valence-corrected chi connectivity index (χ4v) is 3.86. The van der Waals surface area contributed by atoms with Crippen LogP contribution in [-0.2, 0) is 11.3 Å². The highest BCUT2D eigenvalue weighted by atomic mass is 32.1. The van der Waals surface area contributed by atoms with E-state index in [0.717, 1.165) is 40.8 Å². The average Bonchev–Trinajstić information content (AvgIpc) is 3.39. The van der Waals surface area contributed by atoms with Gasteiger partial charge < -0.3 is 15.8 Å². The van der Waals surface area contributed by atoms with Gasteiger partial charge >= 0.3 is 0 Å². The smallest absolute Gasteiger partial charge is 0.165 e. The number of rotatable bonds is 8. The van der Waals surface area contributed by atoms with Crippen molar-refractivity contribution in [3.63, 3.8) is 0 Å². The zero-order valence-corrected chi connectivity index (χ0v) is 18.5. The number of nitrogens with one attached hydrogen (secondary N) is 1. The van der Waals surface area contributed by atoms with Crippen LogP contribution in [-0.4, -0.2) is 33.9 Å². The molecule has 0 atom stereocenters. The fourth-order valence-electron chi connectivity index (χ4n) is 3.63. The number of nitrogen functional groups attached to an aromatic ring is 1. The predicted molar refractivity (Wildman–Crippen MR) is 125 cm³/mol. The second-order valence-corrected chi connectivity index (χ2v) is 8.40. The number of hydrogen-bond donors (Lipinski definition) is 3. The molecule has 0 amide bonds. The minimum absolute atomic E-state index is 0.00169. The summed E-state index contributed by atoms with van der Waals surface area (Å²) in [6.45, 7) is 7.04. The van der Waals surface area contributed by atoms with Crippen LogP contribution in [0.4, 0.5) is 10.2 Å². The summed E-state index contributed by atoms with van der Waals surface area (Å²) >= 11 is 4.58. The van der Waals surface area contributed by atoms with E-state index in [0.29, 0.717) is 29.5 Å². The summed E-state index contributed by atoms with van der Waals surface area (Å²) in [5.41, 5.74) is 10.9. The molecule has 1 aliphatic rings. The third-order valence-electron chi connectivity index (χ3n) is 5.72. The van der Waals surface area contributed by atoms with E-state index in [-0.39, 0.29) is 11.4 Å². The Morgan fingerprint density at radius 3 is 2.90 bits per heavy atom. The maximum atomic E-state index is 13.8. The second-order valence-electron chi connectivity index (χ2n) is 7.96. The SMILES string of the molecule is C=C/C(=C\c1cc(F)ccc1C)c1cnn2c(N)c(S)c(CNC3(COC)CC3)nc12. The molecule has 0 radical (unpaired) electrons. The van der Waals surface area contributed by atoms with Crippen molar-refractivity contribution in [2.24, 2.45) is 0 Å². The zero-order valence-electron chi connectivity index (χ0n) is 17.7. The first kappa shape index (κ1) is 21.5. The van der Waals surface area contributed by atoms with Crippen molar-refractivity contribution in [3.05, 3.63) is 65.3 Å². The highest BCUT2D eigenvalue weighted by molar-refractivity contribution is 7.80. The summed E-state index contributed by atoms with van der Waals surface area (Å²) in [6, 6.07) is 4.69. The molecule has 162 valence electrons. The minimum atomic E-state index is -0.291. The number of ether oxygens (including phenoxy) is 1. The predicted octanol–water partition coefficient (Wildman–Crippen LogP) is 4.04. The van der Waals surface area contributed by atoms with E-state index in [1.165, 1.54) is 12.1 Å². The van der Waals surface area contributed by atoms with Gasteiger partial charge in [0, 0.05) is 24.8 Å². The Hall–Kier alpha value is -2.68. The highest BCUT2D eigenvalue weighted by Gasteiger charge is 2.42. The van der Waals surface area contributed by atoms with E-state index in [9.17, 15) is 4.39 Å². The molecular formula is C23H26FN5OS. The summed E-state index contributed by atoms with van der Waals surface area (Å²) in [6.07, 6.45) is 7.41. The lowest BCUT2D eigenvalue weighted by atomic mass is 10.0. The first-order valence-electron chi connectivity index (χ1n) is 10.1. The number of halogens is 1. The van der Waals surface area contributed by atoms with Crippen molar-refractivity contribution in [1.82, 2.24) is 19.9 Å². The molecular weight excluding hydrogens is 413 g/mol. The van der Waals surface area contributed by atoms with Crippen LogP contribution < -0.4 is 11.1 Å². The number of thiol groups is 1. The largest absolute Gasteiger partial charge is 0.383 e. The molecule has 2 aromatic heterocycles. The molecule has 3 aromatic rings. The molecule has 4 rings (SSSR count). The summed E-state index contributed by atoms with van der Waals surface area (Å²) in [7, 11) is 1.70. The van der Waals surface area contributed by atoms with Crippen molar-refractivity contribution in [1.29, 1.82) is 0 Å². The summed E-state index contributed by atoms with van der Waals surface area (Å²) in [5, 5.41) is 7.93. The Morgan fingerprint density at radius 2 is 2.23 bits per heavy atom. The van der Waals surface area contributed by atoms with Crippen molar-refractivity contribution in [3.8, 4) is 0 Å². The molecule has 0 spiro atoms. The molecule has 1 fully saturated rings. The summed E-state index contributed by atoms with van der Waals surface area (Å²) < 4.78 is 20.7. The lowest BCUT2D eigenvalue weighted by Crippen LogP contribution is -2.35. The Bertz CT molecular complexity index is 1180. The van der Waals surface area contributed by atoms with Crippen LogP contribution in [0.25, 0.3) is 17.3 Å². The number of benzene rings is 1. The van der Waals surface area contributed by atoms with Gasteiger partial charge in [-0.25, -0.2) is 9.37 Å². The van der Waals surface area contributed by atoms with Crippen LogP contribution in [0.1, 0.15) is 35.2 Å². The van der Waals surface area contributed by atoms with E-state index in [1.807, 2.05) is 13.0 Å². The Kier molecular flexibility index (Phi) is 5.88. The number of nitrogens with zero attached hydrogens (tertiary/aromatic N) is 3. The maximum Gasteiger partial charge on any atom is 0.165 e. The Morgan fingerprint density at radius 1 is 1.45 bits per heavy atom. The molecule has 1 aromatic carbocycles. The van der Waals surface area contributed by atoms with Crippen molar-refractivity contribution < 1.29 is 9.13 Å². The Labute approximate surface area is 186 Å². The van der Waals surface area contributed by atoms with E-state index in [4.69, 9.17) is 15.5 Å². The van der Waals surface area contributed by atoms with Crippen LogP contribution in [0.15, 0.2) is 41.9 Å². The van der Waals surface area contributed by atoms with Crippen LogP contribution in [0.5, 0.6) is 0 Å². The topological polar surface area (TPSA) is 77.5 Å². The van der Waals surface area contributed by atoms with Crippen LogP contribution >= 0.6 is 12.6 Å². The van der Waals surface area contributed by atoms with Gasteiger partial charge in [0.25, 0.3) is 0 Å². The van der Waals surface area contributed by atoms with E-state index in [1.54, 1.807) is 30.0 Å². The molecule has 2 heterocycles.